The fourth-order valence-electron chi connectivity index (χ4n) is 4.26. The molecule has 5 rings (SSSR count). The molecule has 0 saturated carbocycles. The molecule has 3 aromatic rings. The second-order valence-corrected chi connectivity index (χ2v) is 7.73. The summed E-state index contributed by atoms with van der Waals surface area (Å²) in [6.45, 7) is 3.79. The van der Waals surface area contributed by atoms with Crippen LogP contribution in [0, 0.1) is 16.7 Å². The number of ether oxygens (including phenoxy) is 1. The molecular formula is C20H17N7O2. The fraction of sp³-hybridized carbons (Fsp3) is 0.300. The zero-order chi connectivity index (χ0) is 20.2. The Morgan fingerprint density at radius 3 is 2.45 bits per heavy atom. The van der Waals surface area contributed by atoms with E-state index in [-0.39, 0.29) is 18.0 Å². The number of rotatable bonds is 3. The molecule has 0 radical (unpaired) electrons. The normalized spacial score (nSPS) is 21.5. The lowest BCUT2D eigenvalue weighted by Gasteiger charge is -2.30. The van der Waals surface area contributed by atoms with E-state index in [1.165, 1.54) is 12.7 Å². The van der Waals surface area contributed by atoms with Crippen molar-refractivity contribution in [3.05, 3.63) is 65.8 Å². The largest absolute Gasteiger partial charge is 0.457 e. The minimum absolute atomic E-state index is 0.145. The van der Waals surface area contributed by atoms with Gasteiger partial charge in [-0.3, -0.25) is 4.79 Å². The number of carbonyl (C=O) groups is 1. The van der Waals surface area contributed by atoms with Crippen LogP contribution in [0.25, 0.3) is 6.08 Å². The number of nitriles is 1. The highest BCUT2D eigenvalue weighted by Gasteiger charge is 2.52. The van der Waals surface area contributed by atoms with E-state index in [1.807, 2.05) is 38.1 Å². The summed E-state index contributed by atoms with van der Waals surface area (Å²) in [6.07, 6.45) is 8.96. The van der Waals surface area contributed by atoms with Crippen molar-refractivity contribution in [2.75, 3.05) is 0 Å². The van der Waals surface area contributed by atoms with E-state index in [1.54, 1.807) is 22.0 Å². The first-order chi connectivity index (χ1) is 14.0. The molecule has 29 heavy (non-hydrogen) atoms. The third-order valence-electron chi connectivity index (χ3n) is 5.70. The van der Waals surface area contributed by atoms with Crippen LogP contribution in [0.4, 0.5) is 0 Å². The van der Waals surface area contributed by atoms with Crippen molar-refractivity contribution in [3.63, 3.8) is 0 Å². The molecule has 144 valence electrons. The highest BCUT2D eigenvalue weighted by atomic mass is 16.6. The van der Waals surface area contributed by atoms with E-state index in [0.717, 1.165) is 11.1 Å². The molecule has 2 aliphatic rings. The molecule has 2 aromatic heterocycles. The summed E-state index contributed by atoms with van der Waals surface area (Å²) < 4.78 is 8.83. The van der Waals surface area contributed by atoms with Crippen LogP contribution in [0.15, 0.2) is 43.5 Å². The Morgan fingerprint density at radius 1 is 1.17 bits per heavy atom. The van der Waals surface area contributed by atoms with Crippen LogP contribution in [-0.4, -0.2) is 41.6 Å². The van der Waals surface area contributed by atoms with Crippen molar-refractivity contribution in [1.29, 1.82) is 5.26 Å². The smallest absolute Gasteiger partial charge is 0.312 e. The second kappa shape index (κ2) is 6.10. The Labute approximate surface area is 166 Å². The Kier molecular flexibility index (Phi) is 3.64. The van der Waals surface area contributed by atoms with Crippen LogP contribution in [0.5, 0.6) is 0 Å². The first kappa shape index (κ1) is 17.3. The van der Waals surface area contributed by atoms with Crippen molar-refractivity contribution >= 4 is 12.0 Å². The maximum Gasteiger partial charge on any atom is 0.312 e. The molecule has 3 heterocycles. The molecule has 2 unspecified atom stereocenters. The van der Waals surface area contributed by atoms with E-state index in [2.05, 4.69) is 26.2 Å². The number of fused-ring (bicyclic) bond motifs is 3. The zero-order valence-corrected chi connectivity index (χ0v) is 15.8. The topological polar surface area (TPSA) is 112 Å². The molecule has 0 spiro atoms. The van der Waals surface area contributed by atoms with Gasteiger partial charge < -0.3 is 4.74 Å². The first-order valence-corrected chi connectivity index (χ1v) is 9.16. The van der Waals surface area contributed by atoms with Crippen LogP contribution >= 0.6 is 0 Å². The van der Waals surface area contributed by atoms with Gasteiger partial charge in [-0.15, -0.1) is 0 Å². The van der Waals surface area contributed by atoms with Crippen LogP contribution in [0.2, 0.25) is 0 Å². The lowest BCUT2D eigenvalue weighted by Crippen LogP contribution is -2.29. The van der Waals surface area contributed by atoms with Crippen LogP contribution in [-0.2, 0) is 9.53 Å². The summed E-state index contributed by atoms with van der Waals surface area (Å²) in [7, 11) is 0. The van der Waals surface area contributed by atoms with Gasteiger partial charge in [-0.1, -0.05) is 6.08 Å². The van der Waals surface area contributed by atoms with Crippen LogP contribution < -0.4 is 0 Å². The number of carbonyl (C=O) groups excluding carboxylic acids is 1. The average Bonchev–Trinajstić information content (AvgIpc) is 3.45. The molecule has 9 heteroatoms. The molecule has 1 saturated heterocycles. The summed E-state index contributed by atoms with van der Waals surface area (Å²) in [5.41, 5.74) is 2.39. The van der Waals surface area contributed by atoms with Gasteiger partial charge in [-0.25, -0.2) is 19.3 Å². The highest BCUT2D eigenvalue weighted by Crippen LogP contribution is 2.50. The van der Waals surface area contributed by atoms with E-state index in [4.69, 9.17) is 4.74 Å². The molecular weight excluding hydrogens is 370 g/mol. The Balaban J connectivity index is 1.74. The van der Waals surface area contributed by atoms with Gasteiger partial charge in [0.1, 0.15) is 31.4 Å². The van der Waals surface area contributed by atoms with Gasteiger partial charge in [-0.2, -0.15) is 15.5 Å². The van der Waals surface area contributed by atoms with Crippen molar-refractivity contribution in [1.82, 2.24) is 29.5 Å². The Morgan fingerprint density at radius 2 is 1.86 bits per heavy atom. The van der Waals surface area contributed by atoms with Gasteiger partial charge in [0.2, 0.25) is 0 Å². The number of aromatic nitrogens is 6. The molecule has 0 N–H and O–H groups in total. The van der Waals surface area contributed by atoms with Gasteiger partial charge in [0.05, 0.1) is 17.0 Å². The summed E-state index contributed by atoms with van der Waals surface area (Å²) in [4.78, 5) is 20.5. The summed E-state index contributed by atoms with van der Waals surface area (Å²) >= 11 is 0. The van der Waals surface area contributed by atoms with Gasteiger partial charge in [0.15, 0.2) is 6.17 Å². The summed E-state index contributed by atoms with van der Waals surface area (Å²) in [5.74, 6) is -0.367. The van der Waals surface area contributed by atoms with Gasteiger partial charge in [0.25, 0.3) is 0 Å². The average molecular weight is 387 g/mol. The number of nitrogens with zero attached hydrogens (tertiary/aromatic N) is 7. The number of hydrogen-bond acceptors (Lipinski definition) is 7. The van der Waals surface area contributed by atoms with Gasteiger partial charge in [-0.05, 0) is 43.2 Å². The lowest BCUT2D eigenvalue weighted by molar-refractivity contribution is -0.146. The van der Waals surface area contributed by atoms with E-state index >= 15 is 0 Å². The molecule has 1 aliphatic carbocycles. The molecule has 1 aliphatic heterocycles. The SMILES string of the molecule is CC1(C)C(=O)OC2C=Cc3cc(C#N)c(C(n4cncn4)n4cncn4)cc3C21. The number of benzene rings is 1. The molecule has 1 fully saturated rings. The van der Waals surface area contributed by atoms with Crippen molar-refractivity contribution in [2.24, 2.45) is 5.41 Å². The quantitative estimate of drug-likeness (QED) is 0.631. The Bertz CT molecular complexity index is 1120. The van der Waals surface area contributed by atoms with E-state index in [0.29, 0.717) is 11.1 Å². The molecule has 1 aromatic carbocycles. The van der Waals surface area contributed by atoms with Crippen molar-refractivity contribution < 1.29 is 9.53 Å². The third kappa shape index (κ3) is 2.49. The standard InChI is InChI=1S/C20H17N7O2/c1-20(2)17-14-6-15(18(26-10-22-8-24-26)27-11-23-9-25-27)13(7-21)5-12(14)3-4-16(17)29-19(20)28/h3-6,8-11,16-18H,1-2H3. The minimum atomic E-state index is -0.675. The number of esters is 1. The molecule has 0 amide bonds. The van der Waals surface area contributed by atoms with Crippen molar-refractivity contribution in [2.45, 2.75) is 32.0 Å². The zero-order valence-electron chi connectivity index (χ0n) is 15.8. The summed E-state index contributed by atoms with van der Waals surface area (Å²) in [6, 6.07) is 6.09. The van der Waals surface area contributed by atoms with E-state index in [9.17, 15) is 10.1 Å². The highest BCUT2D eigenvalue weighted by molar-refractivity contribution is 5.82. The van der Waals surface area contributed by atoms with Crippen molar-refractivity contribution in [3.8, 4) is 6.07 Å². The predicted molar refractivity (Wildman–Crippen MR) is 100 cm³/mol. The van der Waals surface area contributed by atoms with Gasteiger partial charge >= 0.3 is 5.97 Å². The maximum absolute atomic E-state index is 12.4. The van der Waals surface area contributed by atoms with Crippen LogP contribution in [0.3, 0.4) is 0 Å². The lowest BCUT2D eigenvalue weighted by atomic mass is 9.70. The second-order valence-electron chi connectivity index (χ2n) is 7.73. The third-order valence-corrected chi connectivity index (χ3v) is 5.70. The number of hydrogen-bond donors (Lipinski definition) is 0. The van der Waals surface area contributed by atoms with Crippen LogP contribution in [0.1, 0.15) is 48.2 Å². The first-order valence-electron chi connectivity index (χ1n) is 9.16. The molecule has 2 atom stereocenters. The maximum atomic E-state index is 12.4. The molecule has 0 bridgehead atoms. The fourth-order valence-corrected chi connectivity index (χ4v) is 4.26. The Hall–Kier alpha value is -3.80. The minimum Gasteiger partial charge on any atom is -0.457 e. The summed E-state index contributed by atoms with van der Waals surface area (Å²) in [5, 5.41) is 18.4. The monoisotopic (exact) mass is 387 g/mol. The van der Waals surface area contributed by atoms with Gasteiger partial charge in [0, 0.05) is 11.5 Å². The predicted octanol–water partition coefficient (Wildman–Crippen LogP) is 1.90. The molecule has 9 nitrogen and oxygen atoms in total. The van der Waals surface area contributed by atoms with E-state index < -0.39 is 11.6 Å².